The molecule has 120 valence electrons. The minimum Gasteiger partial charge on any atom is -0.507 e. The van der Waals surface area contributed by atoms with Crippen molar-refractivity contribution in [1.82, 2.24) is 0 Å². The molecule has 2 aromatic carbocycles. The summed E-state index contributed by atoms with van der Waals surface area (Å²) in [6.07, 6.45) is -0.0998. The number of rotatable bonds is 5. The predicted octanol–water partition coefficient (Wildman–Crippen LogP) is 4.32. The van der Waals surface area contributed by atoms with Crippen molar-refractivity contribution < 1.29 is 15.0 Å². The second kappa shape index (κ2) is 7.49. The summed E-state index contributed by atoms with van der Waals surface area (Å²) in [6.45, 7) is 1.83. The number of phenolic OH excluding ortho intramolecular Hbond substituents is 1. The number of aromatic hydroxyl groups is 1. The third-order valence-electron chi connectivity index (χ3n) is 3.23. The van der Waals surface area contributed by atoms with E-state index in [-0.39, 0.29) is 18.7 Å². The zero-order valence-corrected chi connectivity index (χ0v) is 13.9. The number of aryl methyl sites for hydroxylation is 1. The first-order valence-electron chi connectivity index (χ1n) is 6.90. The molecule has 0 saturated heterocycles. The zero-order valence-electron chi connectivity index (χ0n) is 12.4. The highest BCUT2D eigenvalue weighted by Gasteiger charge is 2.15. The van der Waals surface area contributed by atoms with Gasteiger partial charge in [0, 0.05) is 21.2 Å². The largest absolute Gasteiger partial charge is 0.507 e. The Morgan fingerprint density at radius 2 is 1.78 bits per heavy atom. The number of carbonyl (C=O) groups is 1. The third-order valence-corrected chi connectivity index (χ3v) is 3.70. The first-order chi connectivity index (χ1) is 10.9. The van der Waals surface area contributed by atoms with E-state index in [1.165, 1.54) is 0 Å². The Balaban J connectivity index is 2.53. The molecule has 6 heteroatoms. The van der Waals surface area contributed by atoms with Gasteiger partial charge in [-0.2, -0.15) is 0 Å². The molecule has 2 N–H and O–H groups in total. The number of phenols is 1. The van der Waals surface area contributed by atoms with Gasteiger partial charge in [-0.25, -0.2) is 0 Å². The van der Waals surface area contributed by atoms with E-state index in [1.807, 2.05) is 0 Å². The second-order valence-corrected chi connectivity index (χ2v) is 5.87. The number of halogens is 2. The molecule has 0 spiro atoms. The number of hydrogen-bond acceptors (Lipinski definition) is 3. The minimum absolute atomic E-state index is 0.0680. The lowest BCUT2D eigenvalue weighted by Crippen LogP contribution is -2.07. The lowest BCUT2D eigenvalue weighted by molar-refractivity contribution is -0.136. The third kappa shape index (κ3) is 4.47. The van der Waals surface area contributed by atoms with Crippen LogP contribution in [0.4, 0.5) is 0 Å². The molecule has 0 aromatic heterocycles. The minimum atomic E-state index is -0.935. The molecule has 0 heterocycles. The van der Waals surface area contributed by atoms with E-state index in [4.69, 9.17) is 28.3 Å². The molecule has 4 nitrogen and oxygen atoms in total. The summed E-state index contributed by atoms with van der Waals surface area (Å²) >= 11 is 12.0. The Hall–Kier alpha value is -2.04. The molecule has 0 aliphatic heterocycles. The van der Waals surface area contributed by atoms with Crippen molar-refractivity contribution in [1.29, 1.82) is 0 Å². The molecule has 0 bridgehead atoms. The predicted molar refractivity (Wildman–Crippen MR) is 92.1 cm³/mol. The molecule has 0 aliphatic carbocycles. The summed E-state index contributed by atoms with van der Waals surface area (Å²) in [5, 5.41) is 20.2. The van der Waals surface area contributed by atoms with Gasteiger partial charge in [-0.15, -0.1) is 0 Å². The molecule has 0 atom stereocenters. The van der Waals surface area contributed by atoms with Crippen molar-refractivity contribution in [3.8, 4) is 5.75 Å². The fourth-order valence-electron chi connectivity index (χ4n) is 2.12. The molecule has 0 unspecified atom stereocenters. The SMILES string of the molecule is Cc1cc(Cl)cc(C(=NCCC(=O)O)c2ccc(Cl)cc2)c1O. The topological polar surface area (TPSA) is 69.9 Å². The van der Waals surface area contributed by atoms with E-state index in [0.717, 1.165) is 5.56 Å². The number of benzene rings is 2. The van der Waals surface area contributed by atoms with E-state index in [9.17, 15) is 9.90 Å². The van der Waals surface area contributed by atoms with Crippen molar-refractivity contribution in [3.63, 3.8) is 0 Å². The molecule has 2 rings (SSSR count). The van der Waals surface area contributed by atoms with E-state index in [2.05, 4.69) is 4.99 Å². The highest BCUT2D eigenvalue weighted by Crippen LogP contribution is 2.29. The average Bonchev–Trinajstić information content (AvgIpc) is 2.49. The lowest BCUT2D eigenvalue weighted by atomic mass is 9.99. The van der Waals surface area contributed by atoms with Crippen molar-refractivity contribution in [2.24, 2.45) is 4.99 Å². The number of aliphatic carboxylic acids is 1. The van der Waals surface area contributed by atoms with Gasteiger partial charge in [0.05, 0.1) is 18.7 Å². The number of carboxylic acid groups (broad SMARTS) is 1. The van der Waals surface area contributed by atoms with Gasteiger partial charge in [0.15, 0.2) is 0 Å². The van der Waals surface area contributed by atoms with E-state index >= 15 is 0 Å². The summed E-state index contributed by atoms with van der Waals surface area (Å²) in [4.78, 5) is 15.1. The molecule has 0 fully saturated rings. The van der Waals surface area contributed by atoms with Crippen LogP contribution in [0.1, 0.15) is 23.1 Å². The van der Waals surface area contributed by atoms with Gasteiger partial charge in [0.2, 0.25) is 0 Å². The van der Waals surface area contributed by atoms with Gasteiger partial charge in [-0.1, -0.05) is 35.3 Å². The first kappa shape index (κ1) is 17.3. The standard InChI is InChI=1S/C17H15Cl2NO3/c1-10-8-13(19)9-14(17(10)23)16(20-7-6-15(21)22)11-2-4-12(18)5-3-11/h2-5,8-9,23H,6-7H2,1H3,(H,21,22). The van der Waals surface area contributed by atoms with Gasteiger partial charge in [0.1, 0.15) is 5.75 Å². The fraction of sp³-hybridized carbons (Fsp3) is 0.176. The molecule has 0 radical (unpaired) electrons. The Kier molecular flexibility index (Phi) is 5.64. The molecule has 0 amide bonds. The van der Waals surface area contributed by atoms with E-state index < -0.39 is 5.97 Å². The van der Waals surface area contributed by atoms with Crippen molar-refractivity contribution in [2.45, 2.75) is 13.3 Å². The van der Waals surface area contributed by atoms with E-state index in [1.54, 1.807) is 43.3 Å². The molecule has 23 heavy (non-hydrogen) atoms. The van der Waals surface area contributed by atoms with Gasteiger partial charge in [-0.05, 0) is 36.8 Å². The van der Waals surface area contributed by atoms with Crippen LogP contribution in [0.5, 0.6) is 5.75 Å². The lowest BCUT2D eigenvalue weighted by Gasteiger charge is -2.12. The summed E-state index contributed by atoms with van der Waals surface area (Å²) in [5.41, 5.74) is 2.28. The molecule has 2 aromatic rings. The van der Waals surface area contributed by atoms with Crippen LogP contribution in [0.2, 0.25) is 10.0 Å². The Morgan fingerprint density at radius 1 is 1.13 bits per heavy atom. The summed E-state index contributed by atoms with van der Waals surface area (Å²) in [5.74, 6) is -0.867. The fourth-order valence-corrected chi connectivity index (χ4v) is 2.52. The normalized spacial score (nSPS) is 11.5. The van der Waals surface area contributed by atoms with Crippen molar-refractivity contribution >= 4 is 34.9 Å². The number of aliphatic imine (C=N–C) groups is 1. The van der Waals surface area contributed by atoms with Crippen LogP contribution in [0.25, 0.3) is 0 Å². The second-order valence-electron chi connectivity index (χ2n) is 5.00. The Labute approximate surface area is 144 Å². The molecular formula is C17H15Cl2NO3. The van der Waals surface area contributed by atoms with Crippen LogP contribution in [-0.2, 0) is 4.79 Å². The number of nitrogens with zero attached hydrogens (tertiary/aromatic N) is 1. The van der Waals surface area contributed by atoms with Crippen LogP contribution < -0.4 is 0 Å². The monoisotopic (exact) mass is 351 g/mol. The molecule has 0 aliphatic rings. The van der Waals surface area contributed by atoms with Crippen molar-refractivity contribution in [2.75, 3.05) is 6.54 Å². The average molecular weight is 352 g/mol. The Morgan fingerprint density at radius 3 is 2.39 bits per heavy atom. The number of carboxylic acids is 1. The van der Waals surface area contributed by atoms with Crippen LogP contribution >= 0.6 is 23.2 Å². The summed E-state index contributed by atoms with van der Waals surface area (Å²) in [6, 6.07) is 10.2. The molecule has 0 saturated carbocycles. The maximum absolute atomic E-state index is 10.7. The van der Waals surface area contributed by atoms with Gasteiger partial charge >= 0.3 is 5.97 Å². The summed E-state index contributed by atoms with van der Waals surface area (Å²) < 4.78 is 0. The van der Waals surface area contributed by atoms with Crippen LogP contribution in [0, 0.1) is 6.92 Å². The van der Waals surface area contributed by atoms with Gasteiger partial charge in [0.25, 0.3) is 0 Å². The maximum Gasteiger partial charge on any atom is 0.305 e. The highest BCUT2D eigenvalue weighted by atomic mass is 35.5. The van der Waals surface area contributed by atoms with Crippen LogP contribution in [-0.4, -0.2) is 28.4 Å². The van der Waals surface area contributed by atoms with Crippen LogP contribution in [0.3, 0.4) is 0 Å². The first-order valence-corrected chi connectivity index (χ1v) is 7.65. The van der Waals surface area contributed by atoms with Crippen LogP contribution in [0.15, 0.2) is 41.4 Å². The van der Waals surface area contributed by atoms with Gasteiger partial charge < -0.3 is 10.2 Å². The van der Waals surface area contributed by atoms with Gasteiger partial charge in [-0.3, -0.25) is 9.79 Å². The highest BCUT2D eigenvalue weighted by molar-refractivity contribution is 6.32. The van der Waals surface area contributed by atoms with E-state index in [0.29, 0.717) is 26.9 Å². The maximum atomic E-state index is 10.7. The zero-order chi connectivity index (χ0) is 17.0. The quantitative estimate of drug-likeness (QED) is 0.788. The molecular weight excluding hydrogens is 337 g/mol. The summed E-state index contributed by atoms with van der Waals surface area (Å²) in [7, 11) is 0. The van der Waals surface area contributed by atoms with Crippen molar-refractivity contribution in [3.05, 3.63) is 63.1 Å². The smallest absolute Gasteiger partial charge is 0.305 e. The number of hydrogen-bond donors (Lipinski definition) is 2. The Bertz CT molecular complexity index is 755.